The molecule has 180 valence electrons. The van der Waals surface area contributed by atoms with Gasteiger partial charge in [0.2, 0.25) is 11.8 Å². The van der Waals surface area contributed by atoms with Crippen LogP contribution in [0, 0.1) is 5.92 Å². The summed E-state index contributed by atoms with van der Waals surface area (Å²) in [5.74, 6) is 0.00459. The van der Waals surface area contributed by atoms with E-state index in [2.05, 4.69) is 5.32 Å². The third-order valence-electron chi connectivity index (χ3n) is 7.09. The van der Waals surface area contributed by atoms with Crippen LogP contribution in [0.1, 0.15) is 54.4 Å². The lowest BCUT2D eigenvalue weighted by Gasteiger charge is -2.38. The van der Waals surface area contributed by atoms with Gasteiger partial charge < -0.3 is 15.1 Å². The lowest BCUT2D eigenvalue weighted by atomic mass is 9.87. The first-order chi connectivity index (χ1) is 16.6. The summed E-state index contributed by atoms with van der Waals surface area (Å²) in [5.41, 5.74) is 1.73. The monoisotopic (exact) mass is 461 g/mol. The van der Waals surface area contributed by atoms with Gasteiger partial charge in [-0.05, 0) is 62.1 Å². The summed E-state index contributed by atoms with van der Waals surface area (Å²) in [6.45, 7) is 2.77. The Hall–Kier alpha value is -3.15. The molecule has 0 saturated carbocycles. The van der Waals surface area contributed by atoms with Crippen LogP contribution in [0.15, 0.2) is 60.7 Å². The Kier molecular flexibility index (Phi) is 8.34. The van der Waals surface area contributed by atoms with Crippen molar-refractivity contribution >= 4 is 17.7 Å². The van der Waals surface area contributed by atoms with Gasteiger partial charge in [0, 0.05) is 38.2 Å². The quantitative estimate of drug-likeness (QED) is 0.684. The van der Waals surface area contributed by atoms with Crippen LogP contribution in [0.4, 0.5) is 0 Å². The Morgan fingerprint density at radius 1 is 0.794 bits per heavy atom. The van der Waals surface area contributed by atoms with E-state index < -0.39 is 6.04 Å². The van der Waals surface area contributed by atoms with Gasteiger partial charge in [-0.2, -0.15) is 0 Å². The van der Waals surface area contributed by atoms with E-state index in [1.165, 1.54) is 5.56 Å². The standard InChI is InChI=1S/C28H35N3O3/c32-25(15-14-22-10-4-1-5-11-22)30-20-16-23(17-21-30)26(28(34)31-18-8-3-9-19-31)29-27(33)24-12-6-2-7-13-24/h1-2,4-7,10-13,23,26H,3,8-9,14-21H2,(H,29,33)/t26-/m0/s1. The number of hydrogen-bond donors (Lipinski definition) is 1. The van der Waals surface area contributed by atoms with Crippen LogP contribution in [0.25, 0.3) is 0 Å². The summed E-state index contributed by atoms with van der Waals surface area (Å²) in [4.78, 5) is 43.0. The molecule has 2 aliphatic heterocycles. The normalized spacial score (nSPS) is 17.8. The van der Waals surface area contributed by atoms with Crippen LogP contribution in [-0.4, -0.2) is 59.7 Å². The third kappa shape index (κ3) is 6.25. The molecule has 2 heterocycles. The van der Waals surface area contributed by atoms with Crippen molar-refractivity contribution in [3.8, 4) is 0 Å². The summed E-state index contributed by atoms with van der Waals surface area (Å²) in [6, 6.07) is 18.6. The molecule has 0 aromatic heterocycles. The van der Waals surface area contributed by atoms with E-state index in [4.69, 9.17) is 0 Å². The number of carbonyl (C=O) groups is 3. The van der Waals surface area contributed by atoms with Gasteiger partial charge >= 0.3 is 0 Å². The summed E-state index contributed by atoms with van der Waals surface area (Å²) < 4.78 is 0. The molecule has 6 nitrogen and oxygen atoms in total. The first-order valence-electron chi connectivity index (χ1n) is 12.6. The lowest BCUT2D eigenvalue weighted by molar-refractivity contribution is -0.137. The molecule has 6 heteroatoms. The van der Waals surface area contributed by atoms with E-state index in [1.807, 2.05) is 58.3 Å². The van der Waals surface area contributed by atoms with Gasteiger partial charge in [0.15, 0.2) is 0 Å². The second-order valence-electron chi connectivity index (χ2n) is 9.41. The Morgan fingerprint density at radius 3 is 2.06 bits per heavy atom. The molecule has 2 aliphatic rings. The lowest BCUT2D eigenvalue weighted by Crippen LogP contribution is -2.55. The van der Waals surface area contributed by atoms with Crippen LogP contribution < -0.4 is 5.32 Å². The number of carbonyl (C=O) groups excluding carboxylic acids is 3. The second-order valence-corrected chi connectivity index (χ2v) is 9.41. The number of piperidine rings is 2. The van der Waals surface area contributed by atoms with Crippen LogP contribution in [-0.2, 0) is 16.0 Å². The smallest absolute Gasteiger partial charge is 0.251 e. The fraction of sp³-hybridized carbons (Fsp3) is 0.464. The first-order valence-corrected chi connectivity index (χ1v) is 12.6. The maximum absolute atomic E-state index is 13.5. The Labute approximate surface area is 202 Å². The number of likely N-dealkylation sites (tertiary alicyclic amines) is 2. The summed E-state index contributed by atoms with van der Waals surface area (Å²) in [6.07, 6.45) is 5.85. The van der Waals surface area contributed by atoms with E-state index in [0.717, 1.165) is 51.6 Å². The molecule has 0 unspecified atom stereocenters. The largest absolute Gasteiger partial charge is 0.343 e. The van der Waals surface area contributed by atoms with E-state index in [-0.39, 0.29) is 23.6 Å². The minimum absolute atomic E-state index is 0.0258. The molecule has 2 aromatic rings. The van der Waals surface area contributed by atoms with Gasteiger partial charge in [-0.25, -0.2) is 0 Å². The number of aryl methyl sites for hydroxylation is 1. The number of hydrogen-bond acceptors (Lipinski definition) is 3. The molecule has 2 fully saturated rings. The van der Waals surface area contributed by atoms with Gasteiger partial charge in [0.1, 0.15) is 6.04 Å². The zero-order valence-electron chi connectivity index (χ0n) is 19.8. The van der Waals surface area contributed by atoms with E-state index in [0.29, 0.717) is 25.1 Å². The van der Waals surface area contributed by atoms with Crippen molar-refractivity contribution in [3.63, 3.8) is 0 Å². The first kappa shape index (κ1) is 24.0. The molecule has 0 radical (unpaired) electrons. The molecule has 2 aromatic carbocycles. The van der Waals surface area contributed by atoms with Crippen molar-refractivity contribution in [2.24, 2.45) is 5.92 Å². The fourth-order valence-corrected chi connectivity index (χ4v) is 5.04. The van der Waals surface area contributed by atoms with Crippen molar-refractivity contribution in [3.05, 3.63) is 71.8 Å². The fourth-order valence-electron chi connectivity index (χ4n) is 5.04. The van der Waals surface area contributed by atoms with Crippen LogP contribution in [0.2, 0.25) is 0 Å². The average molecular weight is 462 g/mol. The highest BCUT2D eigenvalue weighted by atomic mass is 16.2. The topological polar surface area (TPSA) is 69.7 Å². The van der Waals surface area contributed by atoms with Gasteiger partial charge in [-0.1, -0.05) is 48.5 Å². The molecule has 0 bridgehead atoms. The number of rotatable bonds is 7. The van der Waals surface area contributed by atoms with Gasteiger partial charge in [0.05, 0.1) is 0 Å². The Morgan fingerprint density at radius 2 is 1.41 bits per heavy atom. The highest BCUT2D eigenvalue weighted by Gasteiger charge is 2.36. The Balaban J connectivity index is 1.37. The second kappa shape index (κ2) is 11.8. The summed E-state index contributed by atoms with van der Waals surface area (Å²) in [5, 5.41) is 3.06. The number of amides is 3. The van der Waals surface area contributed by atoms with Gasteiger partial charge in [-0.3, -0.25) is 14.4 Å². The van der Waals surface area contributed by atoms with Crippen molar-refractivity contribution in [1.29, 1.82) is 0 Å². The molecule has 1 N–H and O–H groups in total. The molecule has 4 rings (SSSR count). The van der Waals surface area contributed by atoms with Crippen molar-refractivity contribution in [2.45, 2.75) is 51.0 Å². The predicted molar refractivity (Wildman–Crippen MR) is 132 cm³/mol. The van der Waals surface area contributed by atoms with Crippen molar-refractivity contribution in [2.75, 3.05) is 26.2 Å². The number of benzene rings is 2. The number of nitrogens with zero attached hydrogens (tertiary/aromatic N) is 2. The maximum Gasteiger partial charge on any atom is 0.251 e. The van der Waals surface area contributed by atoms with E-state index in [9.17, 15) is 14.4 Å². The maximum atomic E-state index is 13.5. The zero-order valence-corrected chi connectivity index (χ0v) is 19.8. The van der Waals surface area contributed by atoms with E-state index in [1.54, 1.807) is 12.1 Å². The molecular formula is C28H35N3O3. The van der Waals surface area contributed by atoms with Crippen molar-refractivity contribution < 1.29 is 14.4 Å². The predicted octanol–water partition coefficient (Wildman–Crippen LogP) is 3.67. The zero-order chi connectivity index (χ0) is 23.8. The summed E-state index contributed by atoms with van der Waals surface area (Å²) in [7, 11) is 0. The summed E-state index contributed by atoms with van der Waals surface area (Å²) >= 11 is 0. The van der Waals surface area contributed by atoms with Crippen LogP contribution in [0.3, 0.4) is 0 Å². The molecule has 3 amide bonds. The third-order valence-corrected chi connectivity index (χ3v) is 7.09. The highest BCUT2D eigenvalue weighted by Crippen LogP contribution is 2.24. The molecule has 0 aliphatic carbocycles. The van der Waals surface area contributed by atoms with Gasteiger partial charge in [0.25, 0.3) is 5.91 Å². The van der Waals surface area contributed by atoms with Crippen molar-refractivity contribution in [1.82, 2.24) is 15.1 Å². The molecule has 2 saturated heterocycles. The molecule has 0 spiro atoms. The van der Waals surface area contributed by atoms with E-state index >= 15 is 0 Å². The molecule has 34 heavy (non-hydrogen) atoms. The number of nitrogens with one attached hydrogen (secondary N) is 1. The minimum Gasteiger partial charge on any atom is -0.343 e. The Bertz CT molecular complexity index is 949. The van der Waals surface area contributed by atoms with Crippen LogP contribution in [0.5, 0.6) is 0 Å². The molecule has 1 atom stereocenters. The average Bonchev–Trinajstić information content (AvgIpc) is 2.91. The van der Waals surface area contributed by atoms with Crippen LogP contribution >= 0.6 is 0 Å². The molecular weight excluding hydrogens is 426 g/mol. The minimum atomic E-state index is -0.549. The SMILES string of the molecule is O=C(N[C@H](C(=O)N1CCCCC1)C1CCN(C(=O)CCc2ccccc2)CC1)c1ccccc1. The highest BCUT2D eigenvalue weighted by molar-refractivity contribution is 5.97. The van der Waals surface area contributed by atoms with Gasteiger partial charge in [-0.15, -0.1) is 0 Å².